The van der Waals surface area contributed by atoms with E-state index < -0.39 is 0 Å². The lowest BCUT2D eigenvalue weighted by molar-refractivity contribution is -0.0202. The Morgan fingerprint density at radius 2 is 1.63 bits per heavy atom. The van der Waals surface area contributed by atoms with Crippen molar-refractivity contribution in [2.75, 3.05) is 6.61 Å². The molecule has 0 saturated heterocycles. The second-order valence-electron chi connectivity index (χ2n) is 4.95. The minimum absolute atomic E-state index is 0.357. The zero-order valence-corrected chi connectivity index (χ0v) is 11.1. The van der Waals surface area contributed by atoms with E-state index in [2.05, 4.69) is 31.2 Å². The maximum atomic E-state index is 6.32. The predicted molar refractivity (Wildman–Crippen MR) is 75.6 cm³/mol. The summed E-state index contributed by atoms with van der Waals surface area (Å²) >= 11 is 0. The van der Waals surface area contributed by atoms with Crippen molar-refractivity contribution >= 4 is 0 Å². The minimum Gasteiger partial charge on any atom is -0.485 e. The zero-order chi connectivity index (χ0) is 13.1. The lowest BCUT2D eigenvalue weighted by Crippen LogP contribution is -2.42. The molecule has 1 atom stereocenters. The van der Waals surface area contributed by atoms with E-state index in [0.29, 0.717) is 6.61 Å². The SMILES string of the molecule is CCCC1(c2ccccc2)COc2ccccc2O1. The maximum Gasteiger partial charge on any atom is 0.168 e. The fourth-order valence-corrected chi connectivity index (χ4v) is 2.64. The largest absolute Gasteiger partial charge is 0.485 e. The lowest BCUT2D eigenvalue weighted by atomic mass is 9.89. The third-order valence-corrected chi connectivity index (χ3v) is 3.57. The molecule has 0 radical (unpaired) electrons. The van der Waals surface area contributed by atoms with Crippen molar-refractivity contribution in [1.29, 1.82) is 0 Å². The molecular formula is C17H18O2. The maximum absolute atomic E-state index is 6.32. The molecule has 0 N–H and O–H groups in total. The van der Waals surface area contributed by atoms with Crippen molar-refractivity contribution in [2.24, 2.45) is 0 Å². The van der Waals surface area contributed by atoms with Gasteiger partial charge < -0.3 is 9.47 Å². The molecule has 0 spiro atoms. The molecule has 0 bridgehead atoms. The van der Waals surface area contributed by atoms with Crippen LogP contribution in [-0.2, 0) is 5.60 Å². The average molecular weight is 254 g/mol. The third-order valence-electron chi connectivity index (χ3n) is 3.57. The van der Waals surface area contributed by atoms with Gasteiger partial charge in [0, 0.05) is 0 Å². The summed E-state index contributed by atoms with van der Waals surface area (Å²) in [6, 6.07) is 18.2. The van der Waals surface area contributed by atoms with Crippen molar-refractivity contribution in [3.05, 3.63) is 60.2 Å². The van der Waals surface area contributed by atoms with Gasteiger partial charge in [-0.25, -0.2) is 0 Å². The second-order valence-corrected chi connectivity index (χ2v) is 4.95. The summed E-state index contributed by atoms with van der Waals surface area (Å²) in [6.07, 6.45) is 2.01. The van der Waals surface area contributed by atoms with E-state index in [1.165, 1.54) is 5.56 Å². The molecule has 1 aliphatic heterocycles. The zero-order valence-electron chi connectivity index (χ0n) is 11.1. The van der Waals surface area contributed by atoms with Crippen molar-refractivity contribution < 1.29 is 9.47 Å². The first kappa shape index (κ1) is 12.1. The van der Waals surface area contributed by atoms with Crippen LogP contribution in [0.25, 0.3) is 0 Å². The van der Waals surface area contributed by atoms with Crippen molar-refractivity contribution in [2.45, 2.75) is 25.4 Å². The van der Waals surface area contributed by atoms with E-state index in [4.69, 9.17) is 9.47 Å². The van der Waals surface area contributed by atoms with Crippen LogP contribution in [0.5, 0.6) is 11.5 Å². The first-order chi connectivity index (χ1) is 9.34. The molecule has 2 aromatic carbocycles. The van der Waals surface area contributed by atoms with Crippen LogP contribution in [0.2, 0.25) is 0 Å². The number of ether oxygens (including phenoxy) is 2. The molecule has 98 valence electrons. The lowest BCUT2D eigenvalue weighted by Gasteiger charge is -2.38. The average Bonchev–Trinajstić information content (AvgIpc) is 2.48. The van der Waals surface area contributed by atoms with Crippen LogP contribution in [-0.4, -0.2) is 6.61 Å². The van der Waals surface area contributed by atoms with Crippen molar-refractivity contribution in [3.8, 4) is 11.5 Å². The van der Waals surface area contributed by atoms with Crippen LogP contribution in [0, 0.1) is 0 Å². The van der Waals surface area contributed by atoms with E-state index in [9.17, 15) is 0 Å². The van der Waals surface area contributed by atoms with E-state index in [0.717, 1.165) is 24.3 Å². The van der Waals surface area contributed by atoms with Gasteiger partial charge in [-0.15, -0.1) is 0 Å². The van der Waals surface area contributed by atoms with Gasteiger partial charge in [0.2, 0.25) is 0 Å². The Hall–Kier alpha value is -1.96. The molecule has 1 heterocycles. The quantitative estimate of drug-likeness (QED) is 0.819. The van der Waals surface area contributed by atoms with Crippen LogP contribution in [0.15, 0.2) is 54.6 Å². The van der Waals surface area contributed by atoms with Crippen LogP contribution < -0.4 is 9.47 Å². The highest BCUT2D eigenvalue weighted by Gasteiger charge is 2.38. The van der Waals surface area contributed by atoms with Crippen LogP contribution in [0.3, 0.4) is 0 Å². The summed E-state index contributed by atoms with van der Waals surface area (Å²) in [6.45, 7) is 2.75. The predicted octanol–water partition coefficient (Wildman–Crippen LogP) is 4.15. The molecule has 2 aromatic rings. The first-order valence-corrected chi connectivity index (χ1v) is 6.80. The molecule has 0 saturated carbocycles. The number of para-hydroxylation sites is 2. The number of hydrogen-bond acceptors (Lipinski definition) is 2. The fourth-order valence-electron chi connectivity index (χ4n) is 2.64. The van der Waals surface area contributed by atoms with Crippen LogP contribution in [0.4, 0.5) is 0 Å². The topological polar surface area (TPSA) is 18.5 Å². The Balaban J connectivity index is 2.00. The van der Waals surface area contributed by atoms with Gasteiger partial charge >= 0.3 is 0 Å². The monoisotopic (exact) mass is 254 g/mol. The third kappa shape index (κ3) is 2.19. The molecule has 0 fully saturated rings. The number of fused-ring (bicyclic) bond motifs is 1. The Kier molecular flexibility index (Phi) is 3.16. The smallest absolute Gasteiger partial charge is 0.168 e. The summed E-state index contributed by atoms with van der Waals surface area (Å²) < 4.78 is 12.2. The summed E-state index contributed by atoms with van der Waals surface area (Å²) in [4.78, 5) is 0. The highest BCUT2D eigenvalue weighted by Crippen LogP contribution is 2.41. The van der Waals surface area contributed by atoms with E-state index >= 15 is 0 Å². The normalized spacial score (nSPS) is 21.1. The highest BCUT2D eigenvalue weighted by atomic mass is 16.6. The summed E-state index contributed by atoms with van der Waals surface area (Å²) in [5.41, 5.74) is 0.830. The summed E-state index contributed by atoms with van der Waals surface area (Å²) in [5, 5.41) is 0. The molecule has 0 aromatic heterocycles. The van der Waals surface area contributed by atoms with Gasteiger partial charge in [0.1, 0.15) is 6.61 Å². The van der Waals surface area contributed by atoms with E-state index in [1.807, 2.05) is 30.3 Å². The Morgan fingerprint density at radius 1 is 0.947 bits per heavy atom. The minimum atomic E-state index is -0.357. The summed E-state index contributed by atoms with van der Waals surface area (Å²) in [5.74, 6) is 1.68. The van der Waals surface area contributed by atoms with Crippen molar-refractivity contribution in [3.63, 3.8) is 0 Å². The van der Waals surface area contributed by atoms with Gasteiger partial charge in [-0.1, -0.05) is 55.8 Å². The van der Waals surface area contributed by atoms with Gasteiger partial charge in [-0.3, -0.25) is 0 Å². The molecule has 2 heteroatoms. The molecule has 1 aliphatic rings. The molecule has 0 amide bonds. The van der Waals surface area contributed by atoms with E-state index in [1.54, 1.807) is 0 Å². The van der Waals surface area contributed by atoms with Gasteiger partial charge in [-0.2, -0.15) is 0 Å². The van der Waals surface area contributed by atoms with E-state index in [-0.39, 0.29) is 5.60 Å². The van der Waals surface area contributed by atoms with Gasteiger partial charge in [0.25, 0.3) is 0 Å². The fraction of sp³-hybridized carbons (Fsp3) is 0.294. The summed E-state index contributed by atoms with van der Waals surface area (Å²) in [7, 11) is 0. The Labute approximate surface area is 114 Å². The number of hydrogen-bond donors (Lipinski definition) is 0. The molecule has 2 nitrogen and oxygen atoms in total. The van der Waals surface area contributed by atoms with Gasteiger partial charge in [-0.05, 0) is 24.1 Å². The Bertz CT molecular complexity index is 550. The van der Waals surface area contributed by atoms with Crippen molar-refractivity contribution in [1.82, 2.24) is 0 Å². The molecule has 1 unspecified atom stereocenters. The first-order valence-electron chi connectivity index (χ1n) is 6.80. The highest BCUT2D eigenvalue weighted by molar-refractivity contribution is 5.42. The molecular weight excluding hydrogens is 236 g/mol. The van der Waals surface area contributed by atoms with Crippen LogP contribution >= 0.6 is 0 Å². The van der Waals surface area contributed by atoms with Crippen LogP contribution in [0.1, 0.15) is 25.3 Å². The second kappa shape index (κ2) is 4.96. The molecule has 0 aliphatic carbocycles. The number of benzene rings is 2. The Morgan fingerprint density at radius 3 is 2.37 bits per heavy atom. The molecule has 3 rings (SSSR count). The standard InChI is InChI=1S/C17H18O2/c1-2-12-17(14-8-4-3-5-9-14)13-18-15-10-6-7-11-16(15)19-17/h3-11H,2,12-13H2,1H3. The van der Waals surface area contributed by atoms with Gasteiger partial charge in [0.05, 0.1) is 0 Å². The van der Waals surface area contributed by atoms with Gasteiger partial charge in [0.15, 0.2) is 17.1 Å². The molecule has 19 heavy (non-hydrogen) atoms. The number of rotatable bonds is 3.